The molecule has 0 amide bonds. The average Bonchev–Trinajstić information content (AvgIpc) is 2.37. The van der Waals surface area contributed by atoms with E-state index in [-0.39, 0.29) is 17.3 Å². The van der Waals surface area contributed by atoms with E-state index in [9.17, 15) is 13.2 Å². The van der Waals surface area contributed by atoms with Crippen LogP contribution >= 0.6 is 0 Å². The number of hydrazine groups is 1. The second-order valence-electron chi connectivity index (χ2n) is 3.90. The van der Waals surface area contributed by atoms with Crippen molar-refractivity contribution in [2.75, 3.05) is 10.7 Å². The molecule has 7 heteroatoms. The first-order valence-electron chi connectivity index (χ1n) is 5.37. The number of nitrogens with two attached hydrogens (primary N) is 1. The third-order valence-electron chi connectivity index (χ3n) is 2.44. The normalized spacial score (nSPS) is 10.4. The fourth-order valence-corrected chi connectivity index (χ4v) is 1.52. The SMILES string of the molecule is Cc1ccc(F)c(Nc2nc(NN)c(F)cc2F)c1. The van der Waals surface area contributed by atoms with Gasteiger partial charge in [0.15, 0.2) is 23.3 Å². The maximum absolute atomic E-state index is 13.5. The molecule has 4 nitrogen and oxygen atoms in total. The minimum Gasteiger partial charge on any atom is -0.335 e. The molecule has 0 spiro atoms. The molecule has 1 aromatic carbocycles. The number of hydrogen-bond donors (Lipinski definition) is 3. The van der Waals surface area contributed by atoms with Crippen LogP contribution < -0.4 is 16.6 Å². The topological polar surface area (TPSA) is 63.0 Å². The van der Waals surface area contributed by atoms with E-state index in [4.69, 9.17) is 5.84 Å². The molecule has 0 saturated heterocycles. The number of hydrogen-bond acceptors (Lipinski definition) is 4. The van der Waals surface area contributed by atoms with Gasteiger partial charge in [-0.25, -0.2) is 24.0 Å². The highest BCUT2D eigenvalue weighted by Crippen LogP contribution is 2.24. The number of aryl methyl sites for hydroxylation is 1. The predicted molar refractivity (Wildman–Crippen MR) is 66.4 cm³/mol. The van der Waals surface area contributed by atoms with E-state index in [0.717, 1.165) is 5.56 Å². The van der Waals surface area contributed by atoms with E-state index >= 15 is 0 Å². The summed E-state index contributed by atoms with van der Waals surface area (Å²) in [5, 5.41) is 2.46. The quantitative estimate of drug-likeness (QED) is 0.591. The Morgan fingerprint density at radius 3 is 2.37 bits per heavy atom. The van der Waals surface area contributed by atoms with Gasteiger partial charge in [0.25, 0.3) is 0 Å². The number of nitrogens with one attached hydrogen (secondary N) is 2. The highest BCUT2D eigenvalue weighted by atomic mass is 19.1. The van der Waals surface area contributed by atoms with Crippen LogP contribution in [-0.2, 0) is 0 Å². The molecule has 100 valence electrons. The smallest absolute Gasteiger partial charge is 0.178 e. The second-order valence-corrected chi connectivity index (χ2v) is 3.90. The largest absolute Gasteiger partial charge is 0.335 e. The monoisotopic (exact) mass is 268 g/mol. The first-order chi connectivity index (χ1) is 9.01. The summed E-state index contributed by atoms with van der Waals surface area (Å²) in [5.74, 6) is 1.93. The van der Waals surface area contributed by atoms with Crippen LogP contribution in [0, 0.1) is 24.4 Å². The van der Waals surface area contributed by atoms with Crippen molar-refractivity contribution in [2.24, 2.45) is 5.84 Å². The van der Waals surface area contributed by atoms with E-state index in [0.29, 0.717) is 6.07 Å². The van der Waals surface area contributed by atoms with Crippen LogP contribution in [0.5, 0.6) is 0 Å². The number of benzene rings is 1. The zero-order valence-corrected chi connectivity index (χ0v) is 9.97. The molecule has 2 aromatic rings. The Hall–Kier alpha value is -2.28. The van der Waals surface area contributed by atoms with Gasteiger partial charge < -0.3 is 10.7 Å². The predicted octanol–water partition coefficient (Wildman–Crippen LogP) is 2.84. The van der Waals surface area contributed by atoms with Crippen LogP contribution in [0.1, 0.15) is 5.56 Å². The van der Waals surface area contributed by atoms with Crippen molar-refractivity contribution in [3.8, 4) is 0 Å². The number of anilines is 3. The number of aromatic nitrogens is 1. The van der Waals surface area contributed by atoms with Gasteiger partial charge >= 0.3 is 0 Å². The summed E-state index contributed by atoms with van der Waals surface area (Å²) in [6, 6.07) is 4.90. The minimum absolute atomic E-state index is 0.0426. The van der Waals surface area contributed by atoms with Gasteiger partial charge in [-0.1, -0.05) is 6.07 Å². The molecule has 1 aromatic heterocycles. The molecule has 0 saturated carbocycles. The standard InChI is InChI=1S/C12H11F3N4/c1-6-2-3-7(13)10(4-6)17-11-8(14)5-9(15)12(18-11)19-16/h2-5H,16H2,1H3,(H2,17,18,19). The van der Waals surface area contributed by atoms with Gasteiger partial charge in [0, 0.05) is 6.07 Å². The van der Waals surface area contributed by atoms with Crippen LogP contribution in [0.2, 0.25) is 0 Å². The lowest BCUT2D eigenvalue weighted by Gasteiger charge is -2.10. The van der Waals surface area contributed by atoms with Gasteiger partial charge in [0.1, 0.15) is 5.82 Å². The van der Waals surface area contributed by atoms with Gasteiger partial charge in [-0.15, -0.1) is 0 Å². The number of nitrogens with zero attached hydrogens (tertiary/aromatic N) is 1. The van der Waals surface area contributed by atoms with Crippen LogP contribution in [0.4, 0.5) is 30.5 Å². The molecule has 0 unspecified atom stereocenters. The summed E-state index contributed by atoms with van der Waals surface area (Å²) >= 11 is 0. The Morgan fingerprint density at radius 1 is 1.00 bits per heavy atom. The summed E-state index contributed by atoms with van der Waals surface area (Å²) in [4.78, 5) is 3.59. The maximum Gasteiger partial charge on any atom is 0.178 e. The van der Waals surface area contributed by atoms with Crippen molar-refractivity contribution in [2.45, 2.75) is 6.92 Å². The van der Waals surface area contributed by atoms with Crippen LogP contribution in [-0.4, -0.2) is 4.98 Å². The maximum atomic E-state index is 13.5. The molecule has 0 aliphatic heterocycles. The summed E-state index contributed by atoms with van der Waals surface area (Å²) in [5.41, 5.74) is 2.81. The van der Waals surface area contributed by atoms with E-state index in [2.05, 4.69) is 10.3 Å². The van der Waals surface area contributed by atoms with E-state index < -0.39 is 17.5 Å². The fourth-order valence-electron chi connectivity index (χ4n) is 1.52. The zero-order valence-electron chi connectivity index (χ0n) is 9.97. The van der Waals surface area contributed by atoms with Gasteiger partial charge in [0.05, 0.1) is 5.69 Å². The highest BCUT2D eigenvalue weighted by molar-refractivity contribution is 5.60. The Labute approximate surface area is 107 Å². The van der Waals surface area contributed by atoms with Gasteiger partial charge in [0.2, 0.25) is 0 Å². The lowest BCUT2D eigenvalue weighted by atomic mass is 10.2. The highest BCUT2D eigenvalue weighted by Gasteiger charge is 2.13. The summed E-state index contributed by atoms with van der Waals surface area (Å²) in [6.07, 6.45) is 0. The third-order valence-corrected chi connectivity index (χ3v) is 2.44. The van der Waals surface area contributed by atoms with Crippen molar-refractivity contribution in [1.82, 2.24) is 4.98 Å². The van der Waals surface area contributed by atoms with Crippen molar-refractivity contribution in [1.29, 1.82) is 0 Å². The Kier molecular flexibility index (Phi) is 3.57. The average molecular weight is 268 g/mol. The Morgan fingerprint density at radius 2 is 1.68 bits per heavy atom. The van der Waals surface area contributed by atoms with Crippen LogP contribution in [0.15, 0.2) is 24.3 Å². The number of halogens is 3. The fraction of sp³-hybridized carbons (Fsp3) is 0.0833. The first kappa shape index (κ1) is 13.2. The summed E-state index contributed by atoms with van der Waals surface area (Å²) in [7, 11) is 0. The molecular formula is C12H11F3N4. The molecule has 0 radical (unpaired) electrons. The lowest BCUT2D eigenvalue weighted by Crippen LogP contribution is -2.12. The summed E-state index contributed by atoms with van der Waals surface area (Å²) < 4.78 is 40.2. The lowest BCUT2D eigenvalue weighted by molar-refractivity contribution is 0.579. The zero-order chi connectivity index (χ0) is 14.0. The minimum atomic E-state index is -0.947. The molecule has 19 heavy (non-hydrogen) atoms. The molecule has 1 heterocycles. The molecule has 0 aliphatic rings. The van der Waals surface area contributed by atoms with Gasteiger partial charge in [-0.2, -0.15) is 0 Å². The van der Waals surface area contributed by atoms with Gasteiger partial charge in [-0.3, -0.25) is 0 Å². The molecular weight excluding hydrogens is 257 g/mol. The molecule has 0 atom stereocenters. The van der Waals surface area contributed by atoms with E-state index in [1.54, 1.807) is 13.0 Å². The molecule has 4 N–H and O–H groups in total. The van der Waals surface area contributed by atoms with E-state index in [1.165, 1.54) is 12.1 Å². The second kappa shape index (κ2) is 5.15. The van der Waals surface area contributed by atoms with E-state index in [1.807, 2.05) is 5.43 Å². The molecule has 0 aliphatic carbocycles. The molecule has 2 rings (SSSR count). The third kappa shape index (κ3) is 2.76. The van der Waals surface area contributed by atoms with Crippen molar-refractivity contribution < 1.29 is 13.2 Å². The number of nitrogen functional groups attached to an aromatic ring is 1. The Bertz CT molecular complexity index is 616. The molecule has 0 bridgehead atoms. The number of rotatable bonds is 3. The summed E-state index contributed by atoms with van der Waals surface area (Å²) in [6.45, 7) is 1.76. The Balaban J connectivity index is 2.40. The van der Waals surface area contributed by atoms with Crippen molar-refractivity contribution in [3.63, 3.8) is 0 Å². The first-order valence-corrected chi connectivity index (χ1v) is 5.37. The van der Waals surface area contributed by atoms with Crippen LogP contribution in [0.3, 0.4) is 0 Å². The number of pyridine rings is 1. The molecule has 0 fully saturated rings. The van der Waals surface area contributed by atoms with Crippen molar-refractivity contribution in [3.05, 3.63) is 47.3 Å². The van der Waals surface area contributed by atoms with Crippen LogP contribution in [0.25, 0.3) is 0 Å². The van der Waals surface area contributed by atoms with Gasteiger partial charge in [-0.05, 0) is 24.6 Å². The van der Waals surface area contributed by atoms with Crippen molar-refractivity contribution >= 4 is 17.3 Å².